The maximum atomic E-state index is 6.42. The molecule has 3 N–H and O–H groups in total. The molecule has 1 unspecified atom stereocenters. The van der Waals surface area contributed by atoms with Crippen LogP contribution in [0.4, 0.5) is 0 Å². The van der Waals surface area contributed by atoms with Crippen LogP contribution in [0.25, 0.3) is 20.7 Å². The van der Waals surface area contributed by atoms with Crippen molar-refractivity contribution in [2.24, 2.45) is 11.7 Å². The minimum absolute atomic E-state index is 0.324. The van der Waals surface area contributed by atoms with E-state index in [-0.39, 0.29) is 5.54 Å². The van der Waals surface area contributed by atoms with Gasteiger partial charge in [0.2, 0.25) is 0 Å². The number of H-pyrrole nitrogens is 1. The molecule has 2 aromatic heterocycles. The van der Waals surface area contributed by atoms with Gasteiger partial charge >= 0.3 is 0 Å². The molecule has 3 nitrogen and oxygen atoms in total. The molecule has 1 fully saturated rings. The van der Waals surface area contributed by atoms with Gasteiger partial charge in [-0.15, -0.1) is 11.3 Å². The van der Waals surface area contributed by atoms with Crippen molar-refractivity contribution in [1.82, 2.24) is 9.97 Å². The van der Waals surface area contributed by atoms with E-state index in [0.717, 1.165) is 11.5 Å². The summed E-state index contributed by atoms with van der Waals surface area (Å²) in [7, 11) is 0. The predicted molar refractivity (Wildman–Crippen MR) is 83.7 cm³/mol. The quantitative estimate of drug-likeness (QED) is 0.766. The van der Waals surface area contributed by atoms with Crippen molar-refractivity contribution in [3.63, 3.8) is 0 Å². The van der Waals surface area contributed by atoms with Gasteiger partial charge in [0.1, 0.15) is 5.82 Å². The monoisotopic (exact) mass is 283 g/mol. The summed E-state index contributed by atoms with van der Waals surface area (Å²) >= 11 is 1.79. The summed E-state index contributed by atoms with van der Waals surface area (Å²) in [4.78, 5) is 9.17. The van der Waals surface area contributed by atoms with Crippen LogP contribution in [-0.2, 0) is 5.54 Å². The molecular formula is C16H17N3S. The van der Waals surface area contributed by atoms with Crippen molar-refractivity contribution >= 4 is 21.4 Å². The van der Waals surface area contributed by atoms with E-state index in [1.54, 1.807) is 11.3 Å². The molecule has 4 heteroatoms. The summed E-state index contributed by atoms with van der Waals surface area (Å²) in [5, 5.41) is 1.28. The van der Waals surface area contributed by atoms with Crippen LogP contribution in [0.2, 0.25) is 0 Å². The zero-order chi connectivity index (χ0) is 13.7. The lowest BCUT2D eigenvalue weighted by Crippen LogP contribution is -2.36. The Morgan fingerprint density at radius 3 is 2.90 bits per heavy atom. The van der Waals surface area contributed by atoms with Gasteiger partial charge in [-0.25, -0.2) is 4.98 Å². The van der Waals surface area contributed by atoms with Crippen LogP contribution in [0.1, 0.15) is 25.6 Å². The molecule has 0 saturated heterocycles. The highest BCUT2D eigenvalue weighted by atomic mass is 32.1. The van der Waals surface area contributed by atoms with E-state index in [1.807, 2.05) is 6.20 Å². The molecule has 2 heterocycles. The third kappa shape index (κ3) is 1.87. The molecule has 0 radical (unpaired) electrons. The largest absolute Gasteiger partial charge is 0.340 e. The Hall–Kier alpha value is -1.65. The minimum atomic E-state index is -0.324. The Labute approximate surface area is 121 Å². The van der Waals surface area contributed by atoms with Crippen molar-refractivity contribution in [3.05, 3.63) is 42.4 Å². The fraction of sp³-hybridized carbons (Fsp3) is 0.312. The molecule has 1 aliphatic carbocycles. The van der Waals surface area contributed by atoms with Crippen LogP contribution in [0, 0.1) is 5.92 Å². The van der Waals surface area contributed by atoms with E-state index in [0.29, 0.717) is 5.92 Å². The van der Waals surface area contributed by atoms with Crippen molar-refractivity contribution in [2.45, 2.75) is 25.3 Å². The second kappa shape index (κ2) is 4.17. The molecule has 1 aromatic carbocycles. The highest BCUT2D eigenvalue weighted by molar-refractivity contribution is 7.22. The van der Waals surface area contributed by atoms with Crippen molar-refractivity contribution in [2.75, 3.05) is 0 Å². The number of hydrogen-bond acceptors (Lipinski definition) is 3. The van der Waals surface area contributed by atoms with E-state index >= 15 is 0 Å². The average molecular weight is 283 g/mol. The third-order valence-corrected chi connectivity index (χ3v) is 5.35. The predicted octanol–water partition coefficient (Wildman–Crippen LogP) is 3.88. The molecule has 20 heavy (non-hydrogen) atoms. The van der Waals surface area contributed by atoms with Gasteiger partial charge in [-0.2, -0.15) is 0 Å². The summed E-state index contributed by atoms with van der Waals surface area (Å²) < 4.78 is 1.30. The lowest BCUT2D eigenvalue weighted by molar-refractivity contribution is 0.404. The zero-order valence-electron chi connectivity index (χ0n) is 11.4. The number of nitrogens with zero attached hydrogens (tertiary/aromatic N) is 1. The van der Waals surface area contributed by atoms with Crippen LogP contribution >= 0.6 is 11.3 Å². The highest BCUT2D eigenvalue weighted by Gasteiger charge is 2.41. The van der Waals surface area contributed by atoms with Crippen LogP contribution in [-0.4, -0.2) is 9.97 Å². The fourth-order valence-electron chi connectivity index (χ4n) is 2.71. The highest BCUT2D eigenvalue weighted by Crippen LogP contribution is 2.43. The molecule has 0 spiro atoms. The van der Waals surface area contributed by atoms with Crippen molar-refractivity contribution < 1.29 is 0 Å². The summed E-state index contributed by atoms with van der Waals surface area (Å²) in [6.07, 6.45) is 4.34. The van der Waals surface area contributed by atoms with Gasteiger partial charge < -0.3 is 10.7 Å². The lowest BCUT2D eigenvalue weighted by Gasteiger charge is -2.21. The van der Waals surface area contributed by atoms with Crippen LogP contribution in [0.15, 0.2) is 36.5 Å². The molecule has 0 aliphatic heterocycles. The number of aromatic nitrogens is 2. The Morgan fingerprint density at radius 1 is 1.35 bits per heavy atom. The zero-order valence-corrected chi connectivity index (χ0v) is 12.2. The number of nitrogens with two attached hydrogens (primary N) is 1. The molecule has 4 rings (SSSR count). The molecular weight excluding hydrogens is 266 g/mol. The van der Waals surface area contributed by atoms with Crippen LogP contribution in [0.3, 0.4) is 0 Å². The Morgan fingerprint density at radius 2 is 2.15 bits per heavy atom. The maximum Gasteiger partial charge on any atom is 0.126 e. The number of aromatic amines is 1. The standard InChI is InChI=1S/C16H17N3S/c1-16(17,11-6-7-11)15-18-9-12(19-15)14-8-10-4-2-3-5-13(10)20-14/h2-5,8-9,11H,6-7,17H2,1H3,(H,18,19). The number of imidazole rings is 1. The number of fused-ring (bicyclic) bond motifs is 1. The van der Waals surface area contributed by atoms with Gasteiger partial charge in [0.25, 0.3) is 0 Å². The molecule has 1 saturated carbocycles. The van der Waals surface area contributed by atoms with E-state index in [9.17, 15) is 0 Å². The van der Waals surface area contributed by atoms with Gasteiger partial charge in [0.05, 0.1) is 22.3 Å². The van der Waals surface area contributed by atoms with Crippen molar-refractivity contribution in [3.8, 4) is 10.6 Å². The number of benzene rings is 1. The Balaban J connectivity index is 1.74. The first kappa shape index (κ1) is 12.1. The normalized spacial score (nSPS) is 18.3. The lowest BCUT2D eigenvalue weighted by atomic mass is 9.97. The van der Waals surface area contributed by atoms with Gasteiger partial charge in [0, 0.05) is 4.70 Å². The topological polar surface area (TPSA) is 54.7 Å². The summed E-state index contributed by atoms with van der Waals surface area (Å²) in [5.41, 5.74) is 7.16. The van der Waals surface area contributed by atoms with Gasteiger partial charge in [0.15, 0.2) is 0 Å². The average Bonchev–Trinajstić information content (AvgIpc) is 3.04. The molecule has 1 atom stereocenters. The third-order valence-electron chi connectivity index (χ3n) is 4.20. The minimum Gasteiger partial charge on any atom is -0.340 e. The SMILES string of the molecule is CC(N)(c1ncc(-c2cc3ccccc3s2)[nH]1)C1CC1. The van der Waals surface area contributed by atoms with Crippen LogP contribution in [0.5, 0.6) is 0 Å². The maximum absolute atomic E-state index is 6.42. The van der Waals surface area contributed by atoms with Gasteiger partial charge in [-0.05, 0) is 43.2 Å². The molecule has 102 valence electrons. The molecule has 0 amide bonds. The van der Waals surface area contributed by atoms with E-state index in [1.165, 1.54) is 27.8 Å². The van der Waals surface area contributed by atoms with Gasteiger partial charge in [-0.1, -0.05) is 18.2 Å². The first-order valence-electron chi connectivity index (χ1n) is 6.98. The number of hydrogen-bond donors (Lipinski definition) is 2. The van der Waals surface area contributed by atoms with E-state index < -0.39 is 0 Å². The summed E-state index contributed by atoms with van der Waals surface area (Å²) in [6.45, 7) is 2.08. The second-order valence-electron chi connectivity index (χ2n) is 5.85. The molecule has 1 aliphatic rings. The Kier molecular flexibility index (Phi) is 2.53. The van der Waals surface area contributed by atoms with E-state index in [4.69, 9.17) is 5.73 Å². The number of thiophene rings is 1. The molecule has 0 bridgehead atoms. The second-order valence-corrected chi connectivity index (χ2v) is 6.93. The van der Waals surface area contributed by atoms with Crippen molar-refractivity contribution in [1.29, 1.82) is 0 Å². The smallest absolute Gasteiger partial charge is 0.126 e. The first-order valence-corrected chi connectivity index (χ1v) is 7.79. The fourth-order valence-corrected chi connectivity index (χ4v) is 3.74. The number of rotatable bonds is 3. The number of nitrogens with one attached hydrogen (secondary N) is 1. The molecule has 3 aromatic rings. The summed E-state index contributed by atoms with van der Waals surface area (Å²) in [6, 6.07) is 10.6. The first-order chi connectivity index (χ1) is 9.64. The van der Waals surface area contributed by atoms with E-state index in [2.05, 4.69) is 47.2 Å². The van der Waals surface area contributed by atoms with Gasteiger partial charge in [-0.3, -0.25) is 0 Å². The summed E-state index contributed by atoms with van der Waals surface area (Å²) in [5.74, 6) is 1.48. The van der Waals surface area contributed by atoms with Crippen LogP contribution < -0.4 is 5.73 Å². The Bertz CT molecular complexity index is 732.